The van der Waals surface area contributed by atoms with E-state index in [1.807, 2.05) is 49.4 Å². The second-order valence-electron chi connectivity index (χ2n) is 5.07. The van der Waals surface area contributed by atoms with Crippen LogP contribution in [-0.2, 0) is 0 Å². The van der Waals surface area contributed by atoms with Crippen molar-refractivity contribution in [1.29, 1.82) is 0 Å². The van der Waals surface area contributed by atoms with Gasteiger partial charge < -0.3 is 14.5 Å². The summed E-state index contributed by atoms with van der Waals surface area (Å²) in [6.07, 6.45) is 0. The van der Waals surface area contributed by atoms with Gasteiger partial charge >= 0.3 is 0 Å². The molecule has 4 heteroatoms. The molecule has 0 saturated heterocycles. The number of carbonyl (C=O) groups is 1. The number of benzene rings is 2. The van der Waals surface area contributed by atoms with E-state index in [0.29, 0.717) is 11.3 Å². The number of aryl methyl sites for hydroxylation is 1. The van der Waals surface area contributed by atoms with E-state index in [2.05, 4.69) is 5.32 Å². The largest absolute Gasteiger partial charge is 0.497 e. The van der Waals surface area contributed by atoms with Crippen molar-refractivity contribution in [2.24, 2.45) is 0 Å². The number of hydrogen-bond donors (Lipinski definition) is 1. The monoisotopic (exact) mass is 295 g/mol. The molecule has 0 unspecified atom stereocenters. The fraction of sp³-hybridized carbons (Fsp3) is 0.167. The van der Waals surface area contributed by atoms with E-state index in [9.17, 15) is 4.79 Å². The molecule has 1 amide bonds. The zero-order valence-electron chi connectivity index (χ0n) is 12.8. The Kier molecular flexibility index (Phi) is 3.59. The first-order valence-corrected chi connectivity index (χ1v) is 7.03. The summed E-state index contributed by atoms with van der Waals surface area (Å²) in [4.78, 5) is 11.8. The van der Waals surface area contributed by atoms with Crippen LogP contribution in [0.4, 0.5) is 0 Å². The fourth-order valence-corrected chi connectivity index (χ4v) is 2.51. The third-order valence-electron chi connectivity index (χ3n) is 3.79. The highest BCUT2D eigenvalue weighted by molar-refractivity contribution is 5.99. The molecule has 22 heavy (non-hydrogen) atoms. The molecule has 0 aliphatic rings. The van der Waals surface area contributed by atoms with Crippen LogP contribution in [0.1, 0.15) is 16.1 Å². The first-order chi connectivity index (χ1) is 10.6. The minimum atomic E-state index is -0.209. The number of hydrogen-bond acceptors (Lipinski definition) is 3. The van der Waals surface area contributed by atoms with Crippen molar-refractivity contribution < 1.29 is 13.9 Å². The minimum Gasteiger partial charge on any atom is -0.497 e. The van der Waals surface area contributed by atoms with Crippen LogP contribution >= 0.6 is 0 Å². The van der Waals surface area contributed by atoms with E-state index in [-0.39, 0.29) is 5.91 Å². The molecular formula is C18H17NO3. The average molecular weight is 295 g/mol. The molecule has 1 heterocycles. The number of ether oxygens (including phenoxy) is 1. The molecule has 1 aromatic heterocycles. The number of rotatable bonds is 3. The Morgan fingerprint density at radius 2 is 1.77 bits per heavy atom. The smallest absolute Gasteiger partial charge is 0.287 e. The van der Waals surface area contributed by atoms with Gasteiger partial charge in [0.05, 0.1) is 7.11 Å². The lowest BCUT2D eigenvalue weighted by molar-refractivity contribution is 0.0937. The first kappa shape index (κ1) is 14.2. The van der Waals surface area contributed by atoms with Gasteiger partial charge in [0.15, 0.2) is 5.76 Å². The maximum Gasteiger partial charge on any atom is 0.287 e. The molecule has 1 N–H and O–H groups in total. The highest BCUT2D eigenvalue weighted by Crippen LogP contribution is 2.30. The van der Waals surface area contributed by atoms with E-state index in [1.54, 1.807) is 14.2 Å². The van der Waals surface area contributed by atoms with Crippen LogP contribution in [0.2, 0.25) is 0 Å². The number of nitrogens with one attached hydrogen (secondary N) is 1. The van der Waals surface area contributed by atoms with Crippen molar-refractivity contribution in [2.45, 2.75) is 6.92 Å². The SMILES string of the molecule is CNC(=O)c1oc2ccc(-c3ccc(OC)cc3)cc2c1C. The van der Waals surface area contributed by atoms with Crippen LogP contribution in [0.15, 0.2) is 46.9 Å². The zero-order valence-corrected chi connectivity index (χ0v) is 12.8. The fourth-order valence-electron chi connectivity index (χ4n) is 2.51. The molecule has 0 aliphatic carbocycles. The second-order valence-corrected chi connectivity index (χ2v) is 5.07. The van der Waals surface area contributed by atoms with Crippen molar-refractivity contribution in [3.05, 3.63) is 53.8 Å². The molecule has 3 rings (SSSR count). The van der Waals surface area contributed by atoms with Crippen LogP contribution in [0.25, 0.3) is 22.1 Å². The summed E-state index contributed by atoms with van der Waals surface area (Å²) in [7, 11) is 3.24. The Balaban J connectivity index is 2.08. The van der Waals surface area contributed by atoms with Gasteiger partial charge in [-0.15, -0.1) is 0 Å². The third kappa shape index (κ3) is 2.33. The van der Waals surface area contributed by atoms with E-state index < -0.39 is 0 Å². The molecule has 4 nitrogen and oxygen atoms in total. The molecule has 0 bridgehead atoms. The maximum absolute atomic E-state index is 11.8. The van der Waals surface area contributed by atoms with Crippen LogP contribution in [0.3, 0.4) is 0 Å². The summed E-state index contributed by atoms with van der Waals surface area (Å²) in [5, 5.41) is 3.55. The van der Waals surface area contributed by atoms with Crippen molar-refractivity contribution in [3.8, 4) is 16.9 Å². The lowest BCUT2D eigenvalue weighted by Crippen LogP contribution is -2.17. The van der Waals surface area contributed by atoms with Gasteiger partial charge in [0.25, 0.3) is 5.91 Å². The van der Waals surface area contributed by atoms with Crippen molar-refractivity contribution in [2.75, 3.05) is 14.2 Å². The zero-order chi connectivity index (χ0) is 15.7. The molecule has 3 aromatic rings. The second kappa shape index (κ2) is 5.56. The Morgan fingerprint density at radius 3 is 2.41 bits per heavy atom. The van der Waals surface area contributed by atoms with Gasteiger partial charge in [0, 0.05) is 18.0 Å². The van der Waals surface area contributed by atoms with Gasteiger partial charge in [0.1, 0.15) is 11.3 Å². The standard InChI is InChI=1S/C18H17NO3/c1-11-15-10-13(12-4-7-14(21-3)8-5-12)6-9-16(15)22-17(11)18(20)19-2/h4-10H,1-3H3,(H,19,20). The maximum atomic E-state index is 11.8. The summed E-state index contributed by atoms with van der Waals surface area (Å²) in [5.74, 6) is 0.982. The number of furan rings is 1. The van der Waals surface area contributed by atoms with Crippen LogP contribution in [0, 0.1) is 6.92 Å². The molecule has 0 saturated carbocycles. The molecule has 0 spiro atoms. The van der Waals surface area contributed by atoms with Crippen molar-refractivity contribution >= 4 is 16.9 Å². The van der Waals surface area contributed by atoms with Crippen molar-refractivity contribution in [1.82, 2.24) is 5.32 Å². The van der Waals surface area contributed by atoms with Crippen LogP contribution in [0.5, 0.6) is 5.75 Å². The number of carbonyl (C=O) groups excluding carboxylic acids is 1. The quantitative estimate of drug-likeness (QED) is 0.800. The topological polar surface area (TPSA) is 51.5 Å². The summed E-state index contributed by atoms with van der Waals surface area (Å²) >= 11 is 0. The summed E-state index contributed by atoms with van der Waals surface area (Å²) in [5.41, 5.74) is 3.73. The van der Waals surface area contributed by atoms with E-state index in [0.717, 1.165) is 27.8 Å². The lowest BCUT2D eigenvalue weighted by Gasteiger charge is -2.04. The highest BCUT2D eigenvalue weighted by Gasteiger charge is 2.16. The predicted octanol–water partition coefficient (Wildman–Crippen LogP) is 3.78. The minimum absolute atomic E-state index is 0.209. The molecular weight excluding hydrogens is 278 g/mol. The van der Waals surface area contributed by atoms with E-state index in [1.165, 1.54) is 0 Å². The van der Waals surface area contributed by atoms with Gasteiger partial charge in [-0.1, -0.05) is 18.2 Å². The summed E-state index contributed by atoms with van der Waals surface area (Å²) < 4.78 is 10.8. The van der Waals surface area contributed by atoms with E-state index >= 15 is 0 Å². The highest BCUT2D eigenvalue weighted by atomic mass is 16.5. The van der Waals surface area contributed by atoms with Crippen LogP contribution in [-0.4, -0.2) is 20.1 Å². The molecule has 112 valence electrons. The lowest BCUT2D eigenvalue weighted by atomic mass is 10.0. The van der Waals surface area contributed by atoms with Gasteiger partial charge in [-0.3, -0.25) is 4.79 Å². The number of fused-ring (bicyclic) bond motifs is 1. The van der Waals surface area contributed by atoms with Gasteiger partial charge in [-0.05, 0) is 42.3 Å². The first-order valence-electron chi connectivity index (χ1n) is 7.03. The molecule has 0 radical (unpaired) electrons. The van der Waals surface area contributed by atoms with Gasteiger partial charge in [0.2, 0.25) is 0 Å². The Morgan fingerprint density at radius 1 is 1.09 bits per heavy atom. The molecule has 0 aliphatic heterocycles. The van der Waals surface area contributed by atoms with Gasteiger partial charge in [-0.2, -0.15) is 0 Å². The average Bonchev–Trinajstić information content (AvgIpc) is 2.90. The molecule has 0 fully saturated rings. The Labute approximate surface area is 128 Å². The molecule has 2 aromatic carbocycles. The third-order valence-corrected chi connectivity index (χ3v) is 3.79. The number of methoxy groups -OCH3 is 1. The normalized spacial score (nSPS) is 10.7. The molecule has 0 atom stereocenters. The summed E-state index contributed by atoms with van der Waals surface area (Å²) in [6, 6.07) is 13.8. The van der Waals surface area contributed by atoms with Crippen LogP contribution < -0.4 is 10.1 Å². The Hall–Kier alpha value is -2.75. The van der Waals surface area contributed by atoms with Crippen molar-refractivity contribution in [3.63, 3.8) is 0 Å². The predicted molar refractivity (Wildman–Crippen MR) is 86.3 cm³/mol. The summed E-state index contributed by atoms with van der Waals surface area (Å²) in [6.45, 7) is 1.90. The van der Waals surface area contributed by atoms with E-state index in [4.69, 9.17) is 9.15 Å². The van der Waals surface area contributed by atoms with Gasteiger partial charge in [-0.25, -0.2) is 0 Å². The Bertz CT molecular complexity index is 831. The number of amides is 1.